The zero-order chi connectivity index (χ0) is 21.2. The third kappa shape index (κ3) is 4.39. The largest absolute Gasteiger partial charge is 0.385 e. The first-order chi connectivity index (χ1) is 13.8. The molecule has 1 saturated heterocycles. The van der Waals surface area contributed by atoms with Crippen LogP contribution in [0.25, 0.3) is 0 Å². The van der Waals surface area contributed by atoms with E-state index in [2.05, 4.69) is 28.7 Å². The number of likely N-dealkylation sites (tertiary alicyclic amines) is 1. The van der Waals surface area contributed by atoms with E-state index in [9.17, 15) is 5.11 Å². The lowest BCUT2D eigenvalue weighted by Crippen LogP contribution is -2.50. The first-order valence-electron chi connectivity index (χ1n) is 9.63. The number of aliphatic hydroxyl groups is 1. The average Bonchev–Trinajstić information content (AvgIpc) is 3.11. The molecule has 29 heavy (non-hydrogen) atoms. The number of halogens is 1. The van der Waals surface area contributed by atoms with E-state index in [-0.39, 0.29) is 12.1 Å². The molecule has 158 valence electrons. The van der Waals surface area contributed by atoms with Gasteiger partial charge >= 0.3 is 0 Å². The van der Waals surface area contributed by atoms with Gasteiger partial charge in [-0.25, -0.2) is 0 Å². The number of benzene rings is 1. The van der Waals surface area contributed by atoms with Crippen molar-refractivity contribution in [2.75, 3.05) is 20.8 Å². The molecule has 0 aliphatic carbocycles. The van der Waals surface area contributed by atoms with Crippen LogP contribution in [0.2, 0.25) is 5.02 Å². The zero-order valence-corrected chi connectivity index (χ0v) is 18.1. The Hall–Kier alpha value is -1.77. The molecule has 2 heterocycles. The minimum atomic E-state index is -1.10. The van der Waals surface area contributed by atoms with Gasteiger partial charge in [-0.15, -0.1) is 11.7 Å². The molecular weight excluding hydrogens is 392 g/mol. The van der Waals surface area contributed by atoms with E-state index in [1.54, 1.807) is 31.0 Å². The second-order valence-corrected chi connectivity index (χ2v) is 8.08. The van der Waals surface area contributed by atoms with E-state index >= 15 is 0 Å². The van der Waals surface area contributed by atoms with Gasteiger partial charge in [0.25, 0.3) is 0 Å². The van der Waals surface area contributed by atoms with Crippen LogP contribution in [0.15, 0.2) is 37.1 Å². The van der Waals surface area contributed by atoms with Crippen molar-refractivity contribution in [1.29, 1.82) is 0 Å². The standard InChI is InChI=1S/C21H29ClN4O3/c1-6-9-26-14(2)11-21(27,12-19(26)18-13-25(3)24-23-18)17-8-7-15(22)10-16(17)20(28-4)29-5/h6-8,10,13-14,19-20,27H,1,9,11-12H2,2-5H3/t14-,19-,21?/m0/s1. The lowest BCUT2D eigenvalue weighted by Gasteiger charge is -2.48. The maximum Gasteiger partial charge on any atom is 0.183 e. The van der Waals surface area contributed by atoms with Crippen molar-refractivity contribution in [3.05, 3.63) is 58.9 Å². The number of nitrogens with zero attached hydrogens (tertiary/aromatic N) is 4. The number of aryl methyl sites for hydroxylation is 1. The number of hydrogen-bond donors (Lipinski definition) is 1. The first-order valence-corrected chi connectivity index (χ1v) is 10.0. The fourth-order valence-corrected chi connectivity index (χ4v) is 4.59. The van der Waals surface area contributed by atoms with Crippen LogP contribution in [-0.2, 0) is 22.1 Å². The number of rotatable bonds is 7. The Morgan fingerprint density at radius 3 is 2.69 bits per heavy atom. The van der Waals surface area contributed by atoms with E-state index in [0.29, 0.717) is 24.4 Å². The fraction of sp³-hybridized carbons (Fsp3) is 0.524. The Morgan fingerprint density at radius 1 is 1.38 bits per heavy atom. The highest BCUT2D eigenvalue weighted by Crippen LogP contribution is 2.46. The number of piperidine rings is 1. The molecule has 1 unspecified atom stereocenters. The molecule has 3 atom stereocenters. The van der Waals surface area contributed by atoms with Crippen molar-refractivity contribution in [2.24, 2.45) is 7.05 Å². The highest BCUT2D eigenvalue weighted by Gasteiger charge is 2.45. The second-order valence-electron chi connectivity index (χ2n) is 7.64. The molecule has 1 aliphatic heterocycles. The zero-order valence-electron chi connectivity index (χ0n) is 17.4. The molecule has 1 N–H and O–H groups in total. The Morgan fingerprint density at radius 2 is 2.10 bits per heavy atom. The molecule has 8 heteroatoms. The van der Waals surface area contributed by atoms with E-state index < -0.39 is 11.9 Å². The minimum Gasteiger partial charge on any atom is -0.385 e. The third-order valence-electron chi connectivity index (χ3n) is 5.63. The number of hydrogen-bond acceptors (Lipinski definition) is 6. The van der Waals surface area contributed by atoms with Gasteiger partial charge in [0.05, 0.1) is 17.3 Å². The Labute approximate surface area is 176 Å². The summed E-state index contributed by atoms with van der Waals surface area (Å²) in [5.74, 6) is 0. The molecule has 3 rings (SSSR count). The van der Waals surface area contributed by atoms with Gasteiger partial charge in [0.1, 0.15) is 0 Å². The van der Waals surface area contributed by atoms with Gasteiger partial charge in [-0.05, 0) is 31.0 Å². The van der Waals surface area contributed by atoms with Crippen molar-refractivity contribution >= 4 is 11.6 Å². The summed E-state index contributed by atoms with van der Waals surface area (Å²) in [4.78, 5) is 2.30. The van der Waals surface area contributed by atoms with Crippen LogP contribution >= 0.6 is 11.6 Å². The van der Waals surface area contributed by atoms with Crippen LogP contribution < -0.4 is 0 Å². The highest BCUT2D eigenvalue weighted by atomic mass is 35.5. The SMILES string of the molecule is C=CCN1[C@@H](C)CC(O)(c2ccc(Cl)cc2C(OC)OC)C[C@H]1c1cn(C)nn1. The summed E-state index contributed by atoms with van der Waals surface area (Å²) in [5, 5.41) is 20.9. The van der Waals surface area contributed by atoms with Crippen LogP contribution in [0, 0.1) is 0 Å². The van der Waals surface area contributed by atoms with Gasteiger partial charge in [-0.1, -0.05) is 29.0 Å². The van der Waals surface area contributed by atoms with E-state index in [0.717, 1.165) is 16.8 Å². The molecule has 0 amide bonds. The summed E-state index contributed by atoms with van der Waals surface area (Å²) < 4.78 is 12.6. The van der Waals surface area contributed by atoms with Crippen molar-refractivity contribution < 1.29 is 14.6 Å². The molecule has 1 aromatic heterocycles. The predicted octanol–water partition coefficient (Wildman–Crippen LogP) is 3.36. The molecule has 2 aromatic rings. The maximum absolute atomic E-state index is 11.9. The molecule has 0 bridgehead atoms. The van der Waals surface area contributed by atoms with Gasteiger partial charge in [-0.3, -0.25) is 9.58 Å². The summed E-state index contributed by atoms with van der Waals surface area (Å²) in [7, 11) is 4.98. The average molecular weight is 421 g/mol. The van der Waals surface area contributed by atoms with Crippen LogP contribution in [0.3, 0.4) is 0 Å². The summed E-state index contributed by atoms with van der Waals surface area (Å²) in [6, 6.07) is 5.43. The van der Waals surface area contributed by atoms with Crippen LogP contribution in [0.1, 0.15) is 48.9 Å². The monoisotopic (exact) mass is 420 g/mol. The third-order valence-corrected chi connectivity index (χ3v) is 5.86. The molecule has 0 radical (unpaired) electrons. The Balaban J connectivity index is 2.07. The normalized spacial score (nSPS) is 25.5. The summed E-state index contributed by atoms with van der Waals surface area (Å²) >= 11 is 6.25. The molecule has 1 aromatic carbocycles. The predicted molar refractivity (Wildman–Crippen MR) is 111 cm³/mol. The van der Waals surface area contributed by atoms with Gasteiger partial charge in [-0.2, -0.15) is 0 Å². The number of aromatic nitrogens is 3. The molecule has 0 saturated carbocycles. The van der Waals surface area contributed by atoms with Crippen molar-refractivity contribution in [3.63, 3.8) is 0 Å². The van der Waals surface area contributed by atoms with Crippen LogP contribution in [0.5, 0.6) is 0 Å². The van der Waals surface area contributed by atoms with Crippen molar-refractivity contribution in [1.82, 2.24) is 19.9 Å². The molecule has 7 nitrogen and oxygen atoms in total. The first kappa shape index (κ1) is 21.9. The molecule has 1 fully saturated rings. The minimum absolute atomic E-state index is 0.0887. The lowest BCUT2D eigenvalue weighted by atomic mass is 9.75. The molecule has 1 aliphatic rings. The van der Waals surface area contributed by atoms with Crippen molar-refractivity contribution in [3.8, 4) is 0 Å². The molecule has 0 spiro atoms. The van der Waals surface area contributed by atoms with E-state index in [1.165, 1.54) is 0 Å². The summed E-state index contributed by atoms with van der Waals surface area (Å²) in [6.07, 6.45) is 4.16. The lowest BCUT2D eigenvalue weighted by molar-refractivity contribution is -0.113. The number of methoxy groups -OCH3 is 2. The second kappa shape index (κ2) is 8.93. The highest BCUT2D eigenvalue weighted by molar-refractivity contribution is 6.30. The van der Waals surface area contributed by atoms with Crippen LogP contribution in [-0.4, -0.2) is 51.8 Å². The number of ether oxygens (including phenoxy) is 2. The maximum atomic E-state index is 11.9. The van der Waals surface area contributed by atoms with Gasteiger partial charge in [0.2, 0.25) is 0 Å². The van der Waals surface area contributed by atoms with Crippen LogP contribution in [0.4, 0.5) is 0 Å². The Bertz CT molecular complexity index is 854. The molecular formula is C21H29ClN4O3. The van der Waals surface area contributed by atoms with Crippen molar-refractivity contribution in [2.45, 2.75) is 43.7 Å². The van der Waals surface area contributed by atoms with Gasteiger partial charge in [0.15, 0.2) is 6.29 Å². The fourth-order valence-electron chi connectivity index (χ4n) is 4.40. The van der Waals surface area contributed by atoms with E-state index in [4.69, 9.17) is 21.1 Å². The van der Waals surface area contributed by atoms with Gasteiger partial charge < -0.3 is 14.6 Å². The smallest absolute Gasteiger partial charge is 0.183 e. The summed E-state index contributed by atoms with van der Waals surface area (Å²) in [5.41, 5.74) is 1.21. The Kier molecular flexibility index (Phi) is 6.76. The van der Waals surface area contributed by atoms with E-state index in [1.807, 2.05) is 25.4 Å². The quantitative estimate of drug-likeness (QED) is 0.547. The topological polar surface area (TPSA) is 72.6 Å². The van der Waals surface area contributed by atoms with Gasteiger partial charge in [0, 0.05) is 57.1 Å². The summed E-state index contributed by atoms with van der Waals surface area (Å²) in [6.45, 7) is 6.70.